The largest absolute Gasteiger partial charge is 0.336 e. The molecule has 0 unspecified atom stereocenters. The topological polar surface area (TPSA) is 75.7 Å². The van der Waals surface area contributed by atoms with Gasteiger partial charge in [0.05, 0.1) is 0 Å². The third-order valence-corrected chi connectivity index (χ3v) is 12.2. The summed E-state index contributed by atoms with van der Waals surface area (Å²) < 4.78 is 4.48. The molecule has 3 saturated heterocycles. The van der Waals surface area contributed by atoms with Gasteiger partial charge in [-0.05, 0) is 143 Å². The standard InChI is InChI=1S/C33H60N6O3/c1-28(2)16-22(17-29(3,4)34(28)13)37-25(40)38(23-18-30(5,6)35(14)31(7,8)19-23)27(42)39(26(37)41)24-20-32(9,10)36(15)33(11,12)21-24/h22-24H,16-21H2,1-15H3. The fourth-order valence-corrected chi connectivity index (χ4v) is 9.03. The Hall–Kier alpha value is -1.71. The summed E-state index contributed by atoms with van der Waals surface area (Å²) in [5, 5.41) is 0. The van der Waals surface area contributed by atoms with Crippen molar-refractivity contribution in [3.05, 3.63) is 31.5 Å². The molecule has 42 heavy (non-hydrogen) atoms. The molecular formula is C33H60N6O3. The summed E-state index contributed by atoms with van der Waals surface area (Å²) in [7, 11) is 6.39. The van der Waals surface area contributed by atoms with Crippen molar-refractivity contribution in [2.75, 3.05) is 21.1 Å². The molecule has 4 rings (SSSR count). The van der Waals surface area contributed by atoms with Gasteiger partial charge in [-0.25, -0.2) is 28.1 Å². The number of hydrogen-bond donors (Lipinski definition) is 0. The van der Waals surface area contributed by atoms with Crippen LogP contribution in [0, 0.1) is 0 Å². The molecule has 0 radical (unpaired) electrons. The zero-order valence-corrected chi connectivity index (χ0v) is 29.4. The number of likely N-dealkylation sites (tertiary alicyclic amines) is 3. The van der Waals surface area contributed by atoms with Gasteiger partial charge in [0.25, 0.3) is 0 Å². The van der Waals surface area contributed by atoms with Crippen LogP contribution in [0.5, 0.6) is 0 Å². The summed E-state index contributed by atoms with van der Waals surface area (Å²) >= 11 is 0. The van der Waals surface area contributed by atoms with Crippen molar-refractivity contribution in [2.45, 2.75) is 173 Å². The second-order valence-corrected chi connectivity index (χ2v) is 17.7. The fourth-order valence-electron chi connectivity index (χ4n) is 9.03. The minimum atomic E-state index is -0.435. The molecule has 0 amide bonds. The van der Waals surface area contributed by atoms with E-state index in [1.807, 2.05) is 0 Å². The molecule has 0 atom stereocenters. The van der Waals surface area contributed by atoms with Gasteiger partial charge in [0.1, 0.15) is 0 Å². The highest BCUT2D eigenvalue weighted by atomic mass is 16.2. The summed E-state index contributed by atoms with van der Waals surface area (Å²) in [6.45, 7) is 26.2. The quantitative estimate of drug-likeness (QED) is 0.512. The van der Waals surface area contributed by atoms with Gasteiger partial charge in [-0.1, -0.05) is 0 Å². The maximum absolute atomic E-state index is 14.6. The normalized spacial score (nSPS) is 28.6. The van der Waals surface area contributed by atoms with Gasteiger partial charge in [-0.3, -0.25) is 14.7 Å². The van der Waals surface area contributed by atoms with Gasteiger partial charge >= 0.3 is 17.1 Å². The highest BCUT2D eigenvalue weighted by Crippen LogP contribution is 2.44. The van der Waals surface area contributed by atoms with Crippen LogP contribution in [0.15, 0.2) is 14.4 Å². The second kappa shape index (κ2) is 9.90. The minimum Gasteiger partial charge on any atom is -0.296 e. The third kappa shape index (κ3) is 5.29. The van der Waals surface area contributed by atoms with Crippen LogP contribution < -0.4 is 17.1 Å². The van der Waals surface area contributed by atoms with E-state index in [1.54, 1.807) is 0 Å². The zero-order valence-electron chi connectivity index (χ0n) is 29.4. The third-order valence-electron chi connectivity index (χ3n) is 12.2. The molecule has 240 valence electrons. The Morgan fingerprint density at radius 3 is 0.667 bits per heavy atom. The molecule has 0 spiro atoms. The van der Waals surface area contributed by atoms with E-state index in [4.69, 9.17) is 0 Å². The zero-order chi connectivity index (χ0) is 32.2. The lowest BCUT2D eigenvalue weighted by atomic mass is 9.77. The predicted octanol–water partition coefficient (Wildman–Crippen LogP) is 4.64. The van der Waals surface area contributed by atoms with Crippen molar-refractivity contribution in [3.8, 4) is 0 Å². The molecule has 9 nitrogen and oxygen atoms in total. The van der Waals surface area contributed by atoms with E-state index in [0.29, 0.717) is 38.5 Å². The molecule has 0 aliphatic carbocycles. The smallest absolute Gasteiger partial charge is 0.296 e. The monoisotopic (exact) mass is 588 g/mol. The summed E-state index contributed by atoms with van der Waals surface area (Å²) in [6, 6.07) is -0.906. The van der Waals surface area contributed by atoms with E-state index in [-0.39, 0.29) is 51.4 Å². The SMILES string of the molecule is CN1C(C)(C)CC(n2c(=O)n(C3CC(C)(C)N(C)C(C)(C)C3)c(=O)n(C3CC(C)(C)N(C)C(C)(C)C3)c2=O)CC1(C)C. The lowest BCUT2D eigenvalue weighted by molar-refractivity contribution is -0.0393. The highest BCUT2D eigenvalue weighted by molar-refractivity contribution is 5.06. The van der Waals surface area contributed by atoms with Crippen molar-refractivity contribution < 1.29 is 0 Å². The van der Waals surface area contributed by atoms with Crippen LogP contribution in [0.2, 0.25) is 0 Å². The van der Waals surface area contributed by atoms with Crippen molar-refractivity contribution in [2.24, 2.45) is 0 Å². The highest BCUT2D eigenvalue weighted by Gasteiger charge is 2.49. The molecule has 0 saturated carbocycles. The molecule has 1 aromatic heterocycles. The average Bonchev–Trinajstić information content (AvgIpc) is 2.78. The molecule has 3 fully saturated rings. The Kier molecular flexibility index (Phi) is 7.82. The lowest BCUT2D eigenvalue weighted by Gasteiger charge is -2.55. The van der Waals surface area contributed by atoms with Crippen LogP contribution in [0.4, 0.5) is 0 Å². The van der Waals surface area contributed by atoms with E-state index < -0.39 is 17.1 Å². The number of aromatic nitrogens is 3. The van der Waals surface area contributed by atoms with Gasteiger partial charge in [-0.2, -0.15) is 0 Å². The van der Waals surface area contributed by atoms with E-state index in [9.17, 15) is 14.4 Å². The Morgan fingerprint density at radius 2 is 0.524 bits per heavy atom. The first-order valence-electron chi connectivity index (χ1n) is 16.0. The molecule has 3 aliphatic heterocycles. The van der Waals surface area contributed by atoms with E-state index >= 15 is 0 Å². The van der Waals surface area contributed by atoms with Gasteiger partial charge in [-0.15, -0.1) is 0 Å². The molecular weight excluding hydrogens is 528 g/mol. The number of hydrogen-bond acceptors (Lipinski definition) is 6. The lowest BCUT2D eigenvalue weighted by Crippen LogP contribution is -2.66. The van der Waals surface area contributed by atoms with Crippen LogP contribution in [0.3, 0.4) is 0 Å². The van der Waals surface area contributed by atoms with E-state index in [1.165, 1.54) is 13.7 Å². The molecule has 1 aromatic rings. The molecule has 0 aromatic carbocycles. The van der Waals surface area contributed by atoms with Crippen LogP contribution in [-0.4, -0.2) is 82.8 Å². The van der Waals surface area contributed by atoms with E-state index in [0.717, 1.165) is 0 Å². The summed E-state index contributed by atoms with van der Waals surface area (Å²) in [4.78, 5) is 51.0. The fraction of sp³-hybridized carbons (Fsp3) is 0.909. The Labute approximate surface area is 253 Å². The number of rotatable bonds is 3. The maximum Gasteiger partial charge on any atom is 0.336 e. The molecule has 3 aliphatic rings. The maximum atomic E-state index is 14.6. The Bertz CT molecular complexity index is 1140. The van der Waals surface area contributed by atoms with Gasteiger partial charge in [0.15, 0.2) is 0 Å². The van der Waals surface area contributed by atoms with Crippen LogP contribution in [0.25, 0.3) is 0 Å². The Morgan fingerprint density at radius 1 is 0.381 bits per heavy atom. The predicted molar refractivity (Wildman–Crippen MR) is 172 cm³/mol. The van der Waals surface area contributed by atoms with Crippen molar-refractivity contribution in [1.29, 1.82) is 0 Å². The van der Waals surface area contributed by atoms with Gasteiger partial charge in [0, 0.05) is 51.4 Å². The summed E-state index contributed by atoms with van der Waals surface area (Å²) in [5.41, 5.74) is -2.64. The number of nitrogens with zero attached hydrogens (tertiary/aromatic N) is 6. The van der Waals surface area contributed by atoms with Crippen LogP contribution >= 0.6 is 0 Å². The summed E-state index contributed by atoms with van der Waals surface area (Å²) in [5.74, 6) is 0. The average molecular weight is 589 g/mol. The van der Waals surface area contributed by atoms with Crippen molar-refractivity contribution >= 4 is 0 Å². The first-order chi connectivity index (χ1) is 18.8. The van der Waals surface area contributed by atoms with Crippen molar-refractivity contribution in [1.82, 2.24) is 28.4 Å². The minimum absolute atomic E-state index is 0.223. The molecule has 4 heterocycles. The van der Waals surface area contributed by atoms with Crippen LogP contribution in [0.1, 0.15) is 140 Å². The number of piperidine rings is 3. The summed E-state index contributed by atoms with van der Waals surface area (Å²) in [6.07, 6.45) is 3.97. The van der Waals surface area contributed by atoms with Crippen molar-refractivity contribution in [3.63, 3.8) is 0 Å². The Balaban J connectivity index is 2.01. The van der Waals surface area contributed by atoms with E-state index in [2.05, 4.69) is 119 Å². The first-order valence-corrected chi connectivity index (χ1v) is 16.0. The molecule has 9 heteroatoms. The molecule has 0 bridgehead atoms. The van der Waals surface area contributed by atoms with Gasteiger partial charge in [0.2, 0.25) is 0 Å². The first kappa shape index (κ1) is 33.2. The second-order valence-electron chi connectivity index (χ2n) is 17.7. The molecule has 0 N–H and O–H groups in total. The van der Waals surface area contributed by atoms with Gasteiger partial charge < -0.3 is 0 Å². The van der Waals surface area contributed by atoms with Crippen LogP contribution in [-0.2, 0) is 0 Å².